The predicted octanol–water partition coefficient (Wildman–Crippen LogP) is 2.82. The van der Waals surface area contributed by atoms with Gasteiger partial charge in [-0.1, -0.05) is 36.8 Å². The van der Waals surface area contributed by atoms with Crippen molar-refractivity contribution in [3.63, 3.8) is 0 Å². The van der Waals surface area contributed by atoms with Gasteiger partial charge in [-0.3, -0.25) is 4.99 Å². The third kappa shape index (κ3) is 2.87. The van der Waals surface area contributed by atoms with Crippen LogP contribution in [0.25, 0.3) is 0 Å². The van der Waals surface area contributed by atoms with Gasteiger partial charge in [-0.2, -0.15) is 0 Å². The molecule has 0 amide bonds. The number of aliphatic imine (C=N–C) groups is 1. The van der Waals surface area contributed by atoms with E-state index < -0.39 is 0 Å². The molecule has 1 heteroatoms. The SMILES string of the molecule is CCCN=Cc1ccc(C)cc1. The second kappa shape index (κ2) is 4.70. The molecule has 64 valence electrons. The number of nitrogens with zero attached hydrogens (tertiary/aromatic N) is 1. The summed E-state index contributed by atoms with van der Waals surface area (Å²) < 4.78 is 0. The maximum Gasteiger partial charge on any atom is 0.0386 e. The smallest absolute Gasteiger partial charge is 0.0386 e. The molecule has 0 saturated heterocycles. The van der Waals surface area contributed by atoms with E-state index in [1.165, 1.54) is 11.1 Å². The number of hydrogen-bond acceptors (Lipinski definition) is 1. The highest BCUT2D eigenvalue weighted by atomic mass is 14.7. The summed E-state index contributed by atoms with van der Waals surface area (Å²) in [5.74, 6) is 0. The molecule has 0 atom stereocenters. The van der Waals surface area contributed by atoms with Crippen LogP contribution in [0, 0.1) is 6.92 Å². The van der Waals surface area contributed by atoms with Gasteiger partial charge in [-0.05, 0) is 18.9 Å². The quantitative estimate of drug-likeness (QED) is 0.604. The monoisotopic (exact) mass is 161 g/mol. The van der Waals surface area contributed by atoms with E-state index in [1.54, 1.807) is 0 Å². The Morgan fingerprint density at radius 2 is 1.92 bits per heavy atom. The molecule has 0 aliphatic heterocycles. The van der Waals surface area contributed by atoms with Crippen molar-refractivity contribution in [2.45, 2.75) is 20.3 Å². The van der Waals surface area contributed by atoms with Crippen molar-refractivity contribution in [3.05, 3.63) is 35.4 Å². The average molecular weight is 161 g/mol. The first-order chi connectivity index (χ1) is 5.83. The summed E-state index contributed by atoms with van der Waals surface area (Å²) in [6.45, 7) is 5.15. The lowest BCUT2D eigenvalue weighted by Gasteiger charge is -1.93. The lowest BCUT2D eigenvalue weighted by Crippen LogP contribution is -1.83. The Balaban J connectivity index is 2.58. The van der Waals surface area contributed by atoms with Gasteiger partial charge >= 0.3 is 0 Å². The van der Waals surface area contributed by atoms with Crippen LogP contribution in [0.5, 0.6) is 0 Å². The number of hydrogen-bond donors (Lipinski definition) is 0. The minimum absolute atomic E-state index is 0.924. The molecule has 0 aliphatic carbocycles. The topological polar surface area (TPSA) is 12.4 Å². The van der Waals surface area contributed by atoms with Crippen LogP contribution >= 0.6 is 0 Å². The van der Waals surface area contributed by atoms with Gasteiger partial charge in [-0.15, -0.1) is 0 Å². The van der Waals surface area contributed by atoms with Gasteiger partial charge in [0.25, 0.3) is 0 Å². The van der Waals surface area contributed by atoms with Crippen LogP contribution < -0.4 is 0 Å². The van der Waals surface area contributed by atoms with Crippen molar-refractivity contribution in [1.29, 1.82) is 0 Å². The molecule has 0 spiro atoms. The van der Waals surface area contributed by atoms with Crippen LogP contribution in [0.4, 0.5) is 0 Å². The second-order valence-electron chi connectivity index (χ2n) is 2.95. The number of benzene rings is 1. The molecule has 1 nitrogen and oxygen atoms in total. The lowest BCUT2D eigenvalue weighted by molar-refractivity contribution is 0.937. The van der Waals surface area contributed by atoms with Crippen molar-refractivity contribution in [2.24, 2.45) is 4.99 Å². The first-order valence-corrected chi connectivity index (χ1v) is 4.39. The molecule has 12 heavy (non-hydrogen) atoms. The van der Waals surface area contributed by atoms with Gasteiger partial charge in [0.1, 0.15) is 0 Å². The fourth-order valence-electron chi connectivity index (χ4n) is 0.952. The van der Waals surface area contributed by atoms with Crippen LogP contribution in [0.15, 0.2) is 29.3 Å². The van der Waals surface area contributed by atoms with Crippen molar-refractivity contribution in [2.75, 3.05) is 6.54 Å². The van der Waals surface area contributed by atoms with Crippen LogP contribution in [-0.2, 0) is 0 Å². The van der Waals surface area contributed by atoms with E-state index >= 15 is 0 Å². The molecule has 0 N–H and O–H groups in total. The van der Waals surface area contributed by atoms with Crippen LogP contribution in [0.3, 0.4) is 0 Å². The Labute approximate surface area is 74.2 Å². The molecule has 1 aromatic rings. The van der Waals surface area contributed by atoms with E-state index in [0.29, 0.717) is 0 Å². The maximum atomic E-state index is 4.26. The molecule has 0 radical (unpaired) electrons. The van der Waals surface area contributed by atoms with E-state index in [9.17, 15) is 0 Å². The van der Waals surface area contributed by atoms with Crippen LogP contribution in [-0.4, -0.2) is 12.8 Å². The highest BCUT2D eigenvalue weighted by Gasteiger charge is 1.85. The lowest BCUT2D eigenvalue weighted by atomic mass is 10.2. The van der Waals surface area contributed by atoms with Gasteiger partial charge in [0, 0.05) is 12.8 Å². The van der Waals surface area contributed by atoms with E-state index in [1.807, 2.05) is 6.21 Å². The summed E-state index contributed by atoms with van der Waals surface area (Å²) in [5.41, 5.74) is 2.48. The average Bonchev–Trinajstić information content (AvgIpc) is 2.09. The zero-order valence-corrected chi connectivity index (χ0v) is 7.75. The Kier molecular flexibility index (Phi) is 3.52. The summed E-state index contributed by atoms with van der Waals surface area (Å²) in [7, 11) is 0. The van der Waals surface area contributed by atoms with Gasteiger partial charge < -0.3 is 0 Å². The summed E-state index contributed by atoms with van der Waals surface area (Å²) in [4.78, 5) is 4.26. The van der Waals surface area contributed by atoms with E-state index in [-0.39, 0.29) is 0 Å². The zero-order valence-electron chi connectivity index (χ0n) is 7.75. The largest absolute Gasteiger partial charge is 0.293 e. The fourth-order valence-corrected chi connectivity index (χ4v) is 0.952. The minimum atomic E-state index is 0.924. The fraction of sp³-hybridized carbons (Fsp3) is 0.364. The number of aryl methyl sites for hydroxylation is 1. The molecule has 0 bridgehead atoms. The van der Waals surface area contributed by atoms with Crippen molar-refractivity contribution >= 4 is 6.21 Å². The third-order valence-electron chi connectivity index (χ3n) is 1.67. The first kappa shape index (κ1) is 8.98. The molecular weight excluding hydrogens is 146 g/mol. The molecule has 0 aromatic heterocycles. The normalized spacial score (nSPS) is 10.8. The summed E-state index contributed by atoms with van der Waals surface area (Å²) in [5, 5.41) is 0. The molecule has 0 fully saturated rings. The zero-order chi connectivity index (χ0) is 8.81. The highest BCUT2D eigenvalue weighted by molar-refractivity contribution is 5.79. The van der Waals surface area contributed by atoms with E-state index in [4.69, 9.17) is 0 Å². The number of rotatable bonds is 3. The van der Waals surface area contributed by atoms with Crippen LogP contribution in [0.2, 0.25) is 0 Å². The van der Waals surface area contributed by atoms with E-state index in [0.717, 1.165) is 13.0 Å². The molecule has 0 unspecified atom stereocenters. The van der Waals surface area contributed by atoms with Crippen molar-refractivity contribution in [3.8, 4) is 0 Å². The Bertz CT molecular complexity index is 246. The highest BCUT2D eigenvalue weighted by Crippen LogP contribution is 2.00. The van der Waals surface area contributed by atoms with Gasteiger partial charge in [0.15, 0.2) is 0 Å². The molecular formula is C11H15N. The molecule has 1 rings (SSSR count). The Morgan fingerprint density at radius 3 is 2.50 bits per heavy atom. The minimum Gasteiger partial charge on any atom is -0.293 e. The molecule has 0 saturated carbocycles. The molecule has 0 heterocycles. The van der Waals surface area contributed by atoms with Crippen molar-refractivity contribution < 1.29 is 0 Å². The maximum absolute atomic E-state index is 4.26. The standard InChI is InChI=1S/C11H15N/c1-3-8-12-9-11-6-4-10(2)5-7-11/h4-7,9H,3,8H2,1-2H3. The predicted molar refractivity (Wildman–Crippen MR) is 53.9 cm³/mol. The second-order valence-corrected chi connectivity index (χ2v) is 2.95. The first-order valence-electron chi connectivity index (χ1n) is 4.39. The van der Waals surface area contributed by atoms with Gasteiger partial charge in [0.05, 0.1) is 0 Å². The Hall–Kier alpha value is -1.11. The molecule has 0 aliphatic rings. The van der Waals surface area contributed by atoms with Gasteiger partial charge in [0.2, 0.25) is 0 Å². The molecule has 1 aromatic carbocycles. The van der Waals surface area contributed by atoms with Gasteiger partial charge in [-0.25, -0.2) is 0 Å². The van der Waals surface area contributed by atoms with Crippen LogP contribution in [0.1, 0.15) is 24.5 Å². The summed E-state index contributed by atoms with van der Waals surface area (Å²) >= 11 is 0. The van der Waals surface area contributed by atoms with Crippen molar-refractivity contribution in [1.82, 2.24) is 0 Å². The summed E-state index contributed by atoms with van der Waals surface area (Å²) in [6, 6.07) is 8.39. The summed E-state index contributed by atoms with van der Waals surface area (Å²) in [6.07, 6.45) is 3.05. The van der Waals surface area contributed by atoms with E-state index in [2.05, 4.69) is 43.1 Å². The third-order valence-corrected chi connectivity index (χ3v) is 1.67. The Morgan fingerprint density at radius 1 is 1.25 bits per heavy atom.